The van der Waals surface area contributed by atoms with E-state index in [1.165, 1.54) is 13.8 Å². The molecule has 1 heterocycles. The minimum absolute atomic E-state index is 0.181. The lowest BCUT2D eigenvalue weighted by Gasteiger charge is -2.18. The smallest absolute Gasteiger partial charge is 0.347 e. The van der Waals surface area contributed by atoms with E-state index >= 15 is 0 Å². The fourth-order valence-corrected chi connectivity index (χ4v) is 2.57. The van der Waals surface area contributed by atoms with Gasteiger partial charge in [-0.1, -0.05) is 6.07 Å². The number of rotatable bonds is 7. The van der Waals surface area contributed by atoms with Crippen LogP contribution in [-0.2, 0) is 20.9 Å². The molecule has 0 saturated heterocycles. The van der Waals surface area contributed by atoms with Crippen molar-refractivity contribution >= 4 is 11.9 Å². The van der Waals surface area contributed by atoms with E-state index in [0.717, 1.165) is 5.56 Å². The SMILES string of the molecule is C[C@H](OC(=O)[C@H](C)Oc1ccc(C#N)cc1)C(=O)NCc1ccc2c(c1)OCO2. The molecule has 1 aliphatic rings. The van der Waals surface area contributed by atoms with Crippen molar-refractivity contribution in [2.24, 2.45) is 0 Å². The second kappa shape index (κ2) is 8.97. The van der Waals surface area contributed by atoms with Crippen LogP contribution in [0.25, 0.3) is 0 Å². The molecular weight excluding hydrogens is 376 g/mol. The van der Waals surface area contributed by atoms with Gasteiger partial charge in [-0.3, -0.25) is 4.79 Å². The van der Waals surface area contributed by atoms with Gasteiger partial charge in [-0.05, 0) is 55.8 Å². The Labute approximate surface area is 167 Å². The number of fused-ring (bicyclic) bond motifs is 1. The molecular formula is C21H20N2O6. The maximum atomic E-state index is 12.2. The van der Waals surface area contributed by atoms with E-state index in [4.69, 9.17) is 24.2 Å². The summed E-state index contributed by atoms with van der Waals surface area (Å²) in [5.74, 6) is 0.624. The Morgan fingerprint density at radius 2 is 1.83 bits per heavy atom. The minimum Gasteiger partial charge on any atom is -0.479 e. The van der Waals surface area contributed by atoms with Crippen LogP contribution in [0.4, 0.5) is 0 Å². The summed E-state index contributed by atoms with van der Waals surface area (Å²) < 4.78 is 21.2. The summed E-state index contributed by atoms with van der Waals surface area (Å²) in [7, 11) is 0. The van der Waals surface area contributed by atoms with Crippen molar-refractivity contribution in [1.29, 1.82) is 5.26 Å². The molecule has 0 unspecified atom stereocenters. The summed E-state index contributed by atoms with van der Waals surface area (Å²) in [6.45, 7) is 3.45. The van der Waals surface area contributed by atoms with Gasteiger partial charge in [-0.2, -0.15) is 5.26 Å². The fourth-order valence-electron chi connectivity index (χ4n) is 2.57. The third-order valence-electron chi connectivity index (χ3n) is 4.19. The fraction of sp³-hybridized carbons (Fsp3) is 0.286. The predicted octanol–water partition coefficient (Wildman–Crippen LogP) is 2.30. The zero-order valence-corrected chi connectivity index (χ0v) is 16.0. The Morgan fingerprint density at radius 1 is 1.10 bits per heavy atom. The lowest BCUT2D eigenvalue weighted by molar-refractivity contribution is -0.160. The molecule has 0 aliphatic carbocycles. The van der Waals surface area contributed by atoms with Crippen molar-refractivity contribution in [3.05, 3.63) is 53.6 Å². The van der Waals surface area contributed by atoms with Crippen LogP contribution < -0.4 is 19.5 Å². The van der Waals surface area contributed by atoms with Crippen molar-refractivity contribution in [2.75, 3.05) is 6.79 Å². The summed E-state index contributed by atoms with van der Waals surface area (Å²) >= 11 is 0. The molecule has 0 saturated carbocycles. The normalized spacial score (nSPS) is 13.7. The third-order valence-corrected chi connectivity index (χ3v) is 4.19. The highest BCUT2D eigenvalue weighted by Crippen LogP contribution is 2.32. The number of nitrogens with one attached hydrogen (secondary N) is 1. The van der Waals surface area contributed by atoms with E-state index in [1.807, 2.05) is 12.1 Å². The molecule has 150 valence electrons. The molecule has 0 fully saturated rings. The molecule has 2 atom stereocenters. The molecule has 2 aromatic rings. The summed E-state index contributed by atoms with van der Waals surface area (Å²) in [6, 6.07) is 13.7. The van der Waals surface area contributed by atoms with E-state index < -0.39 is 24.1 Å². The van der Waals surface area contributed by atoms with Crippen molar-refractivity contribution in [3.8, 4) is 23.3 Å². The Bertz CT molecular complexity index is 935. The highest BCUT2D eigenvalue weighted by Gasteiger charge is 2.23. The first kappa shape index (κ1) is 20.0. The highest BCUT2D eigenvalue weighted by atomic mass is 16.7. The van der Waals surface area contributed by atoms with Gasteiger partial charge in [0.1, 0.15) is 5.75 Å². The average molecular weight is 396 g/mol. The van der Waals surface area contributed by atoms with Gasteiger partial charge in [0.05, 0.1) is 11.6 Å². The molecule has 1 aliphatic heterocycles. The number of esters is 1. The maximum absolute atomic E-state index is 12.2. The van der Waals surface area contributed by atoms with Crippen molar-refractivity contribution < 1.29 is 28.5 Å². The van der Waals surface area contributed by atoms with Gasteiger partial charge >= 0.3 is 5.97 Å². The van der Waals surface area contributed by atoms with Crippen LogP contribution >= 0.6 is 0 Å². The van der Waals surface area contributed by atoms with Crippen molar-refractivity contribution in [1.82, 2.24) is 5.32 Å². The maximum Gasteiger partial charge on any atom is 0.347 e. The number of carbonyl (C=O) groups is 2. The number of hydrogen-bond acceptors (Lipinski definition) is 7. The zero-order chi connectivity index (χ0) is 20.8. The molecule has 2 aromatic carbocycles. The summed E-state index contributed by atoms with van der Waals surface area (Å²) in [4.78, 5) is 24.4. The van der Waals surface area contributed by atoms with E-state index in [1.54, 1.807) is 36.4 Å². The molecule has 8 heteroatoms. The summed E-state index contributed by atoms with van der Waals surface area (Å²) in [5.41, 5.74) is 1.32. The lowest BCUT2D eigenvalue weighted by Crippen LogP contribution is -2.38. The Morgan fingerprint density at radius 3 is 2.55 bits per heavy atom. The van der Waals surface area contributed by atoms with Crippen LogP contribution in [0.2, 0.25) is 0 Å². The first-order chi connectivity index (χ1) is 14.0. The quantitative estimate of drug-likeness (QED) is 0.716. The van der Waals surface area contributed by atoms with Crippen LogP contribution in [0, 0.1) is 11.3 Å². The monoisotopic (exact) mass is 396 g/mol. The van der Waals surface area contributed by atoms with Gasteiger partial charge < -0.3 is 24.3 Å². The molecule has 0 aromatic heterocycles. The minimum atomic E-state index is -0.983. The van der Waals surface area contributed by atoms with Gasteiger partial charge in [0.2, 0.25) is 6.79 Å². The lowest BCUT2D eigenvalue weighted by atomic mass is 10.2. The third kappa shape index (κ3) is 5.17. The summed E-state index contributed by atoms with van der Waals surface area (Å²) in [6.07, 6.45) is -1.89. The molecule has 8 nitrogen and oxygen atoms in total. The number of amides is 1. The highest BCUT2D eigenvalue weighted by molar-refractivity contribution is 5.84. The van der Waals surface area contributed by atoms with Crippen molar-refractivity contribution in [2.45, 2.75) is 32.6 Å². The molecule has 0 bridgehead atoms. The summed E-state index contributed by atoms with van der Waals surface area (Å²) in [5, 5.41) is 11.5. The number of carbonyl (C=O) groups excluding carboxylic acids is 2. The molecule has 3 rings (SSSR count). The number of ether oxygens (including phenoxy) is 4. The van der Waals surface area contributed by atoms with Crippen LogP contribution in [0.3, 0.4) is 0 Å². The molecule has 0 spiro atoms. The van der Waals surface area contributed by atoms with Gasteiger partial charge in [-0.25, -0.2) is 4.79 Å². The molecule has 1 amide bonds. The van der Waals surface area contributed by atoms with E-state index in [9.17, 15) is 9.59 Å². The number of benzene rings is 2. The number of hydrogen-bond donors (Lipinski definition) is 1. The zero-order valence-electron chi connectivity index (χ0n) is 16.0. The molecule has 1 N–H and O–H groups in total. The van der Waals surface area contributed by atoms with Crippen LogP contribution in [0.5, 0.6) is 17.2 Å². The van der Waals surface area contributed by atoms with Gasteiger partial charge in [0, 0.05) is 6.54 Å². The van der Waals surface area contributed by atoms with E-state index in [0.29, 0.717) is 22.8 Å². The Balaban J connectivity index is 1.46. The number of nitrogens with zero attached hydrogens (tertiary/aromatic N) is 1. The van der Waals surface area contributed by atoms with Crippen LogP contribution in [0.15, 0.2) is 42.5 Å². The molecule has 0 radical (unpaired) electrons. The second-order valence-corrected chi connectivity index (χ2v) is 6.38. The second-order valence-electron chi connectivity index (χ2n) is 6.38. The molecule has 29 heavy (non-hydrogen) atoms. The predicted molar refractivity (Wildman–Crippen MR) is 101 cm³/mol. The Kier molecular flexibility index (Phi) is 6.19. The first-order valence-electron chi connectivity index (χ1n) is 9.00. The van der Waals surface area contributed by atoms with Gasteiger partial charge in [0.25, 0.3) is 5.91 Å². The van der Waals surface area contributed by atoms with Crippen LogP contribution in [0.1, 0.15) is 25.0 Å². The van der Waals surface area contributed by atoms with Crippen LogP contribution in [-0.4, -0.2) is 30.9 Å². The van der Waals surface area contributed by atoms with E-state index in [-0.39, 0.29) is 13.3 Å². The van der Waals surface area contributed by atoms with Gasteiger partial charge in [0.15, 0.2) is 23.7 Å². The number of nitriles is 1. The largest absolute Gasteiger partial charge is 0.479 e. The standard InChI is InChI=1S/C21H20N2O6/c1-13(20(24)23-11-16-5-8-18-19(9-16)27-12-26-18)29-21(25)14(2)28-17-6-3-15(10-22)4-7-17/h3-9,13-14H,11-12H2,1-2H3,(H,23,24)/t13-,14-/m0/s1. The van der Waals surface area contributed by atoms with Crippen molar-refractivity contribution in [3.63, 3.8) is 0 Å². The average Bonchev–Trinajstić information content (AvgIpc) is 3.20. The first-order valence-corrected chi connectivity index (χ1v) is 9.00. The van der Waals surface area contributed by atoms with Gasteiger partial charge in [-0.15, -0.1) is 0 Å². The van der Waals surface area contributed by atoms with E-state index in [2.05, 4.69) is 5.32 Å². The topological polar surface area (TPSA) is 107 Å². The Hall–Kier alpha value is -3.73.